The van der Waals surface area contributed by atoms with Gasteiger partial charge in [0.05, 0.1) is 0 Å². The monoisotopic (exact) mass is 302 g/mol. The first-order valence-corrected chi connectivity index (χ1v) is 7.03. The fraction of sp³-hybridized carbons (Fsp3) is 0.545. The summed E-state index contributed by atoms with van der Waals surface area (Å²) in [6, 6.07) is 1.83. The number of thioether (sulfide) groups is 1. The van der Waals surface area contributed by atoms with E-state index in [0.29, 0.717) is 5.69 Å². The molecular formula is C11H15BrN2OS. The lowest BCUT2D eigenvalue weighted by atomic mass is 10.2. The lowest BCUT2D eigenvalue weighted by Gasteiger charge is -2.37. The van der Waals surface area contributed by atoms with Crippen molar-refractivity contribution in [1.82, 2.24) is 9.88 Å². The van der Waals surface area contributed by atoms with E-state index in [0.717, 1.165) is 23.3 Å². The number of rotatable bonds is 1. The highest BCUT2D eigenvalue weighted by Gasteiger charge is 2.30. The fourth-order valence-corrected chi connectivity index (χ4v) is 3.31. The lowest BCUT2D eigenvalue weighted by molar-refractivity contribution is 0.0743. The number of nitrogens with one attached hydrogen (secondary N) is 1. The maximum absolute atomic E-state index is 12.2. The SMILES string of the molecule is CC1(C)CN(C(=O)c2cc(Br)c[nH]2)CCS1. The van der Waals surface area contributed by atoms with Crippen molar-refractivity contribution >= 4 is 33.6 Å². The van der Waals surface area contributed by atoms with Gasteiger partial charge in [0.1, 0.15) is 5.69 Å². The van der Waals surface area contributed by atoms with Crippen molar-refractivity contribution < 1.29 is 4.79 Å². The molecule has 16 heavy (non-hydrogen) atoms. The van der Waals surface area contributed by atoms with Gasteiger partial charge in [0.25, 0.3) is 5.91 Å². The van der Waals surface area contributed by atoms with E-state index in [1.54, 1.807) is 6.20 Å². The van der Waals surface area contributed by atoms with E-state index in [-0.39, 0.29) is 10.7 Å². The summed E-state index contributed by atoms with van der Waals surface area (Å²) >= 11 is 5.27. The van der Waals surface area contributed by atoms with Gasteiger partial charge in [0, 0.05) is 34.3 Å². The molecule has 2 rings (SSSR count). The Bertz CT molecular complexity index is 402. The minimum Gasteiger partial charge on any atom is -0.356 e. The first kappa shape index (κ1) is 12.0. The molecule has 5 heteroatoms. The predicted molar refractivity (Wildman–Crippen MR) is 70.9 cm³/mol. The summed E-state index contributed by atoms with van der Waals surface area (Å²) in [6.07, 6.45) is 1.79. The number of halogens is 1. The molecular weight excluding hydrogens is 288 g/mol. The first-order chi connectivity index (χ1) is 7.48. The average Bonchev–Trinajstić information content (AvgIpc) is 2.62. The molecule has 0 radical (unpaired) electrons. The van der Waals surface area contributed by atoms with Crippen LogP contribution < -0.4 is 0 Å². The molecule has 1 aromatic heterocycles. The number of amides is 1. The number of carbonyl (C=O) groups is 1. The summed E-state index contributed by atoms with van der Waals surface area (Å²) in [5.74, 6) is 1.11. The Morgan fingerprint density at radius 2 is 2.38 bits per heavy atom. The van der Waals surface area contributed by atoms with Crippen molar-refractivity contribution in [3.63, 3.8) is 0 Å². The molecule has 1 aliphatic heterocycles. The highest BCUT2D eigenvalue weighted by Crippen LogP contribution is 2.30. The summed E-state index contributed by atoms with van der Waals surface area (Å²) < 4.78 is 1.08. The summed E-state index contributed by atoms with van der Waals surface area (Å²) in [5, 5.41) is 0. The van der Waals surface area contributed by atoms with Crippen molar-refractivity contribution in [2.75, 3.05) is 18.8 Å². The van der Waals surface area contributed by atoms with Gasteiger partial charge in [0.2, 0.25) is 0 Å². The zero-order chi connectivity index (χ0) is 11.8. The number of carbonyl (C=O) groups excluding carboxylic acids is 1. The van der Waals surface area contributed by atoms with Crippen LogP contribution in [0, 0.1) is 0 Å². The molecule has 0 atom stereocenters. The zero-order valence-corrected chi connectivity index (χ0v) is 11.8. The van der Waals surface area contributed by atoms with E-state index in [1.807, 2.05) is 22.7 Å². The van der Waals surface area contributed by atoms with Crippen LogP contribution in [0.3, 0.4) is 0 Å². The maximum Gasteiger partial charge on any atom is 0.270 e. The van der Waals surface area contributed by atoms with E-state index in [2.05, 4.69) is 34.8 Å². The van der Waals surface area contributed by atoms with Gasteiger partial charge in [-0.1, -0.05) is 0 Å². The van der Waals surface area contributed by atoms with Crippen LogP contribution >= 0.6 is 27.7 Å². The molecule has 3 nitrogen and oxygen atoms in total. The lowest BCUT2D eigenvalue weighted by Crippen LogP contribution is -2.46. The Labute approximate surface area is 108 Å². The molecule has 2 heterocycles. The smallest absolute Gasteiger partial charge is 0.270 e. The van der Waals surface area contributed by atoms with Crippen LogP contribution in [0.5, 0.6) is 0 Å². The summed E-state index contributed by atoms with van der Waals surface area (Å²) in [5.41, 5.74) is 0.662. The van der Waals surface area contributed by atoms with Crippen LogP contribution in [0.15, 0.2) is 16.7 Å². The summed E-state index contributed by atoms with van der Waals surface area (Å²) in [4.78, 5) is 17.1. The molecule has 1 aromatic rings. The second-order valence-corrected chi connectivity index (χ2v) is 7.28. The molecule has 0 saturated carbocycles. The van der Waals surface area contributed by atoms with E-state index < -0.39 is 0 Å². The van der Waals surface area contributed by atoms with Gasteiger partial charge in [-0.05, 0) is 35.8 Å². The standard InChI is InChI=1S/C11H15BrN2OS/c1-11(2)7-14(3-4-16-11)10(15)9-5-8(12)6-13-9/h5-6,13H,3-4,7H2,1-2H3. The van der Waals surface area contributed by atoms with Crippen LogP contribution in [0.4, 0.5) is 0 Å². The molecule has 0 bridgehead atoms. The topological polar surface area (TPSA) is 36.1 Å². The van der Waals surface area contributed by atoms with Gasteiger partial charge >= 0.3 is 0 Å². The van der Waals surface area contributed by atoms with Gasteiger partial charge in [-0.2, -0.15) is 11.8 Å². The van der Waals surface area contributed by atoms with Crippen molar-refractivity contribution in [2.24, 2.45) is 0 Å². The molecule has 1 amide bonds. The van der Waals surface area contributed by atoms with E-state index in [1.165, 1.54) is 0 Å². The van der Waals surface area contributed by atoms with Gasteiger partial charge < -0.3 is 9.88 Å². The van der Waals surface area contributed by atoms with Gasteiger partial charge in [0.15, 0.2) is 0 Å². The fourth-order valence-electron chi connectivity index (χ4n) is 1.85. The maximum atomic E-state index is 12.2. The van der Waals surface area contributed by atoms with Crippen LogP contribution in [-0.4, -0.2) is 39.4 Å². The normalized spacial score (nSPS) is 19.8. The van der Waals surface area contributed by atoms with E-state index in [9.17, 15) is 4.79 Å². The minimum absolute atomic E-state index is 0.0964. The molecule has 1 aliphatic rings. The second-order valence-electron chi connectivity index (χ2n) is 4.57. The Morgan fingerprint density at radius 1 is 1.62 bits per heavy atom. The molecule has 0 aliphatic carbocycles. The second kappa shape index (κ2) is 4.45. The molecule has 0 spiro atoms. The van der Waals surface area contributed by atoms with Crippen molar-refractivity contribution in [2.45, 2.75) is 18.6 Å². The van der Waals surface area contributed by atoms with Gasteiger partial charge in [-0.25, -0.2) is 0 Å². The highest BCUT2D eigenvalue weighted by molar-refractivity contribution is 9.10. The Kier molecular flexibility index (Phi) is 3.35. The van der Waals surface area contributed by atoms with Crippen LogP contribution in [-0.2, 0) is 0 Å². The van der Waals surface area contributed by atoms with Crippen molar-refractivity contribution in [3.8, 4) is 0 Å². The molecule has 0 aromatic carbocycles. The quantitative estimate of drug-likeness (QED) is 0.866. The molecule has 1 N–H and O–H groups in total. The minimum atomic E-state index is 0.0964. The number of nitrogens with zero attached hydrogens (tertiary/aromatic N) is 1. The number of aromatic nitrogens is 1. The molecule has 1 saturated heterocycles. The van der Waals surface area contributed by atoms with Crippen molar-refractivity contribution in [1.29, 1.82) is 0 Å². The number of aromatic amines is 1. The predicted octanol–water partition coefficient (Wildman–Crippen LogP) is 2.74. The summed E-state index contributed by atoms with van der Waals surface area (Å²) in [6.45, 7) is 6.01. The third-order valence-electron chi connectivity index (χ3n) is 2.59. The molecule has 88 valence electrons. The largest absolute Gasteiger partial charge is 0.356 e. The van der Waals surface area contributed by atoms with Gasteiger partial charge in [-0.3, -0.25) is 4.79 Å². The Balaban J connectivity index is 2.10. The average molecular weight is 303 g/mol. The number of H-pyrrole nitrogens is 1. The zero-order valence-electron chi connectivity index (χ0n) is 9.42. The third-order valence-corrected chi connectivity index (χ3v) is 4.35. The number of hydrogen-bond donors (Lipinski definition) is 1. The van der Waals surface area contributed by atoms with Crippen LogP contribution in [0.2, 0.25) is 0 Å². The molecule has 0 unspecified atom stereocenters. The van der Waals surface area contributed by atoms with Gasteiger partial charge in [-0.15, -0.1) is 0 Å². The Morgan fingerprint density at radius 3 is 2.94 bits per heavy atom. The van der Waals surface area contributed by atoms with E-state index >= 15 is 0 Å². The van der Waals surface area contributed by atoms with Crippen LogP contribution in [0.1, 0.15) is 24.3 Å². The first-order valence-electron chi connectivity index (χ1n) is 5.25. The third kappa shape index (κ3) is 2.63. The van der Waals surface area contributed by atoms with Crippen LogP contribution in [0.25, 0.3) is 0 Å². The molecule has 1 fully saturated rings. The summed E-state index contributed by atoms with van der Waals surface area (Å²) in [7, 11) is 0. The van der Waals surface area contributed by atoms with E-state index in [4.69, 9.17) is 0 Å². The Hall–Kier alpha value is -0.420. The van der Waals surface area contributed by atoms with Crippen molar-refractivity contribution in [3.05, 3.63) is 22.4 Å². The highest BCUT2D eigenvalue weighted by atomic mass is 79.9. The number of hydrogen-bond acceptors (Lipinski definition) is 2.